The van der Waals surface area contributed by atoms with Gasteiger partial charge in [-0.15, -0.1) is 0 Å². The minimum atomic E-state index is -3.23. The predicted octanol–water partition coefficient (Wildman–Crippen LogP) is 1.28. The summed E-state index contributed by atoms with van der Waals surface area (Å²) in [6.45, 7) is 1.88. The molecule has 1 saturated heterocycles. The summed E-state index contributed by atoms with van der Waals surface area (Å²) in [6.07, 6.45) is 9.30. The van der Waals surface area contributed by atoms with Crippen LogP contribution in [0.25, 0.3) is 0 Å². The Morgan fingerprint density at radius 1 is 1.32 bits per heavy atom. The van der Waals surface area contributed by atoms with Crippen molar-refractivity contribution >= 4 is 10.0 Å². The fraction of sp³-hybridized carbons (Fsp3) is 0.800. The van der Waals surface area contributed by atoms with Crippen LogP contribution in [0.4, 0.5) is 0 Å². The van der Waals surface area contributed by atoms with Crippen LogP contribution >= 0.6 is 0 Å². The van der Waals surface area contributed by atoms with E-state index in [0.717, 1.165) is 18.7 Å². The minimum Gasteiger partial charge on any atom is -0.337 e. The molecule has 1 aromatic rings. The molecule has 0 radical (unpaired) electrons. The van der Waals surface area contributed by atoms with Crippen molar-refractivity contribution in [3.63, 3.8) is 0 Å². The predicted molar refractivity (Wildman–Crippen MR) is 85.9 cm³/mol. The molecule has 124 valence electrons. The minimum absolute atomic E-state index is 0.192. The van der Waals surface area contributed by atoms with Gasteiger partial charge in [0.15, 0.2) is 0 Å². The zero-order valence-corrected chi connectivity index (χ0v) is 14.1. The SMILES string of the molecule is Cn1ccnc1C1CNCCN1S(=O)(=O)CC1CCCCC1. The molecular weight excluding hydrogens is 300 g/mol. The van der Waals surface area contributed by atoms with E-state index >= 15 is 0 Å². The summed E-state index contributed by atoms with van der Waals surface area (Å²) in [7, 11) is -1.32. The first-order chi connectivity index (χ1) is 10.6. The lowest BCUT2D eigenvalue weighted by Gasteiger charge is -2.36. The van der Waals surface area contributed by atoms with E-state index in [4.69, 9.17) is 0 Å². The smallest absolute Gasteiger partial charge is 0.215 e. The summed E-state index contributed by atoms with van der Waals surface area (Å²) in [5, 5.41) is 3.30. The summed E-state index contributed by atoms with van der Waals surface area (Å²) < 4.78 is 29.5. The van der Waals surface area contributed by atoms with E-state index < -0.39 is 10.0 Å². The quantitative estimate of drug-likeness (QED) is 0.905. The summed E-state index contributed by atoms with van der Waals surface area (Å²) in [5.41, 5.74) is 0. The highest BCUT2D eigenvalue weighted by molar-refractivity contribution is 7.89. The average molecular weight is 326 g/mol. The summed E-state index contributed by atoms with van der Waals surface area (Å²) in [6, 6.07) is -0.192. The molecule has 1 aliphatic heterocycles. The van der Waals surface area contributed by atoms with Crippen molar-refractivity contribution in [2.24, 2.45) is 13.0 Å². The van der Waals surface area contributed by atoms with Crippen LogP contribution < -0.4 is 5.32 Å². The molecule has 1 aromatic heterocycles. The number of imidazole rings is 1. The number of nitrogens with zero attached hydrogens (tertiary/aromatic N) is 3. The molecule has 2 aliphatic rings. The van der Waals surface area contributed by atoms with Gasteiger partial charge in [0.05, 0.1) is 11.8 Å². The van der Waals surface area contributed by atoms with Crippen molar-refractivity contribution in [1.82, 2.24) is 19.2 Å². The number of hydrogen-bond donors (Lipinski definition) is 1. The number of aryl methyl sites for hydroxylation is 1. The van der Waals surface area contributed by atoms with E-state index in [1.165, 1.54) is 19.3 Å². The lowest BCUT2D eigenvalue weighted by molar-refractivity contribution is 0.254. The normalized spacial score (nSPS) is 25.4. The van der Waals surface area contributed by atoms with Crippen LogP contribution in [-0.4, -0.2) is 47.7 Å². The maximum absolute atomic E-state index is 12.9. The molecule has 6 nitrogen and oxygen atoms in total. The van der Waals surface area contributed by atoms with Gasteiger partial charge in [-0.05, 0) is 18.8 Å². The first-order valence-electron chi connectivity index (χ1n) is 8.25. The van der Waals surface area contributed by atoms with Crippen LogP contribution in [0.2, 0.25) is 0 Å². The molecule has 1 N–H and O–H groups in total. The zero-order valence-electron chi connectivity index (χ0n) is 13.2. The third-order valence-electron chi connectivity index (χ3n) is 4.88. The summed E-state index contributed by atoms with van der Waals surface area (Å²) in [5.74, 6) is 1.45. The highest BCUT2D eigenvalue weighted by Gasteiger charge is 2.36. The summed E-state index contributed by atoms with van der Waals surface area (Å²) >= 11 is 0. The van der Waals surface area contributed by atoms with Crippen LogP contribution in [-0.2, 0) is 17.1 Å². The highest BCUT2D eigenvalue weighted by atomic mass is 32.2. The molecule has 1 aliphatic carbocycles. The van der Waals surface area contributed by atoms with Crippen molar-refractivity contribution < 1.29 is 8.42 Å². The number of rotatable bonds is 4. The van der Waals surface area contributed by atoms with E-state index in [2.05, 4.69) is 10.3 Å². The lowest BCUT2D eigenvalue weighted by Crippen LogP contribution is -2.50. The van der Waals surface area contributed by atoms with E-state index in [-0.39, 0.29) is 6.04 Å². The number of hydrogen-bond acceptors (Lipinski definition) is 4. The molecule has 0 amide bonds. The van der Waals surface area contributed by atoms with Crippen molar-refractivity contribution in [3.8, 4) is 0 Å². The zero-order chi connectivity index (χ0) is 15.6. The van der Waals surface area contributed by atoms with Crippen LogP contribution in [0.1, 0.15) is 44.0 Å². The Hall–Kier alpha value is -0.920. The van der Waals surface area contributed by atoms with Gasteiger partial charge in [-0.3, -0.25) is 0 Å². The molecule has 1 unspecified atom stereocenters. The van der Waals surface area contributed by atoms with Gasteiger partial charge in [-0.2, -0.15) is 4.31 Å². The second-order valence-corrected chi connectivity index (χ2v) is 8.48. The van der Waals surface area contributed by atoms with Crippen molar-refractivity contribution in [2.75, 3.05) is 25.4 Å². The first kappa shape index (κ1) is 16.0. The van der Waals surface area contributed by atoms with E-state index in [1.807, 2.05) is 17.8 Å². The third kappa shape index (κ3) is 3.36. The Morgan fingerprint density at radius 3 is 2.77 bits per heavy atom. The summed E-state index contributed by atoms with van der Waals surface area (Å²) in [4.78, 5) is 4.37. The van der Waals surface area contributed by atoms with Crippen LogP contribution in [0.15, 0.2) is 12.4 Å². The van der Waals surface area contributed by atoms with Crippen LogP contribution in [0.3, 0.4) is 0 Å². The largest absolute Gasteiger partial charge is 0.337 e. The number of piperazine rings is 1. The van der Waals surface area contributed by atoms with E-state index in [9.17, 15) is 8.42 Å². The third-order valence-corrected chi connectivity index (χ3v) is 6.92. The molecule has 2 heterocycles. The molecule has 0 aromatic carbocycles. The first-order valence-corrected chi connectivity index (χ1v) is 9.86. The van der Waals surface area contributed by atoms with E-state index in [0.29, 0.717) is 31.3 Å². The van der Waals surface area contributed by atoms with Crippen molar-refractivity contribution in [1.29, 1.82) is 0 Å². The highest BCUT2D eigenvalue weighted by Crippen LogP contribution is 2.29. The van der Waals surface area contributed by atoms with Gasteiger partial charge in [-0.1, -0.05) is 19.3 Å². The second kappa shape index (κ2) is 6.68. The fourth-order valence-electron chi connectivity index (χ4n) is 3.68. The molecule has 1 saturated carbocycles. The molecule has 1 atom stereocenters. The van der Waals surface area contributed by atoms with Crippen molar-refractivity contribution in [3.05, 3.63) is 18.2 Å². The van der Waals surface area contributed by atoms with Gasteiger partial charge in [0.25, 0.3) is 0 Å². The topological polar surface area (TPSA) is 67.2 Å². The number of aromatic nitrogens is 2. The Balaban J connectivity index is 1.78. The molecule has 0 bridgehead atoms. The van der Waals surface area contributed by atoms with Gasteiger partial charge in [-0.25, -0.2) is 13.4 Å². The second-order valence-electron chi connectivity index (χ2n) is 6.51. The number of nitrogens with one attached hydrogen (secondary N) is 1. The molecule has 2 fully saturated rings. The molecule has 3 rings (SSSR count). The maximum atomic E-state index is 12.9. The lowest BCUT2D eigenvalue weighted by atomic mass is 9.91. The molecule has 7 heteroatoms. The van der Waals surface area contributed by atoms with Gasteiger partial charge in [0.2, 0.25) is 10.0 Å². The molecular formula is C15H26N4O2S. The van der Waals surface area contributed by atoms with Gasteiger partial charge >= 0.3 is 0 Å². The number of sulfonamides is 1. The molecule has 22 heavy (non-hydrogen) atoms. The Labute approximate surface area is 133 Å². The Morgan fingerprint density at radius 2 is 2.09 bits per heavy atom. The fourth-order valence-corrected chi connectivity index (χ4v) is 5.73. The van der Waals surface area contributed by atoms with Crippen LogP contribution in [0.5, 0.6) is 0 Å². The monoisotopic (exact) mass is 326 g/mol. The Kier molecular flexibility index (Phi) is 4.84. The standard InChI is InChI=1S/C15H26N4O2S/c1-18-9-8-17-15(18)14-11-16-7-10-19(14)22(20,21)12-13-5-3-2-4-6-13/h8-9,13-14,16H,2-7,10-12H2,1H3. The average Bonchev–Trinajstić information content (AvgIpc) is 2.94. The van der Waals surface area contributed by atoms with Crippen LogP contribution in [0, 0.1) is 5.92 Å². The van der Waals surface area contributed by atoms with Gasteiger partial charge in [0.1, 0.15) is 5.82 Å². The van der Waals surface area contributed by atoms with E-state index in [1.54, 1.807) is 10.5 Å². The van der Waals surface area contributed by atoms with Gasteiger partial charge < -0.3 is 9.88 Å². The van der Waals surface area contributed by atoms with Gasteiger partial charge in [0, 0.05) is 39.1 Å². The van der Waals surface area contributed by atoms with Crippen molar-refractivity contribution in [2.45, 2.75) is 38.1 Å². The molecule has 0 spiro atoms. The maximum Gasteiger partial charge on any atom is 0.215 e. The Bertz CT molecular complexity index is 592.